The van der Waals surface area contributed by atoms with Crippen molar-refractivity contribution in [1.29, 1.82) is 0 Å². The summed E-state index contributed by atoms with van der Waals surface area (Å²) < 4.78 is 13.3. The molecule has 0 amide bonds. The van der Waals surface area contributed by atoms with Crippen molar-refractivity contribution in [3.05, 3.63) is 34.6 Å². The lowest BCUT2D eigenvalue weighted by molar-refractivity contribution is 0.206. The third kappa shape index (κ3) is 2.18. The fraction of sp³-hybridized carbons (Fsp3) is 0.333. The van der Waals surface area contributed by atoms with Crippen molar-refractivity contribution >= 4 is 11.6 Å². The molecule has 1 rings (SSSR count). The van der Waals surface area contributed by atoms with Crippen molar-refractivity contribution in [2.45, 2.75) is 12.5 Å². The number of halogens is 2. The normalized spacial score (nSPS) is 15.5. The summed E-state index contributed by atoms with van der Waals surface area (Å²) in [6.45, 7) is 1.24. The van der Waals surface area contributed by atoms with Crippen LogP contribution in [-0.4, -0.2) is 11.7 Å². The zero-order chi connectivity index (χ0) is 10.1. The van der Waals surface area contributed by atoms with E-state index in [9.17, 15) is 4.39 Å². The Bertz CT molecular complexity index is 314. The molecule has 4 heteroatoms. The van der Waals surface area contributed by atoms with Gasteiger partial charge in [-0.3, -0.25) is 0 Å². The Kier molecular flexibility index (Phi) is 2.91. The zero-order valence-electron chi connectivity index (χ0n) is 7.22. The molecule has 0 radical (unpaired) electrons. The van der Waals surface area contributed by atoms with Crippen molar-refractivity contribution in [3.8, 4) is 0 Å². The summed E-state index contributed by atoms with van der Waals surface area (Å²) in [5, 5.41) is 9.23. The number of aliphatic hydroxyl groups excluding tert-OH is 1. The second-order valence-electron chi connectivity index (χ2n) is 3.20. The smallest absolute Gasteiger partial charge is 0.129 e. The standard InChI is InChI=1S/C9H11ClFNO/c1-9(12,5-13)7-3-2-6(10)4-8(7)11/h2-4,13H,5,12H2,1H3/t9-/m1/s1. The molecule has 0 bridgehead atoms. The number of benzene rings is 1. The molecule has 72 valence electrons. The number of nitrogens with two attached hydrogens (primary N) is 1. The SMILES string of the molecule is C[C@@](N)(CO)c1ccc(Cl)cc1F. The molecule has 0 fully saturated rings. The molecule has 3 N–H and O–H groups in total. The van der Waals surface area contributed by atoms with Gasteiger partial charge in [-0.2, -0.15) is 0 Å². The van der Waals surface area contributed by atoms with Crippen molar-refractivity contribution < 1.29 is 9.50 Å². The summed E-state index contributed by atoms with van der Waals surface area (Å²) in [5.41, 5.74) is 4.86. The fourth-order valence-electron chi connectivity index (χ4n) is 1.04. The number of hydrogen-bond donors (Lipinski definition) is 2. The van der Waals surface area contributed by atoms with Crippen LogP contribution >= 0.6 is 11.6 Å². The molecule has 0 unspecified atom stereocenters. The third-order valence-electron chi connectivity index (χ3n) is 1.87. The maximum absolute atomic E-state index is 13.3. The van der Waals surface area contributed by atoms with E-state index in [0.717, 1.165) is 0 Å². The maximum atomic E-state index is 13.3. The average molecular weight is 204 g/mol. The van der Waals surface area contributed by atoms with Gasteiger partial charge in [-0.25, -0.2) is 4.39 Å². The number of aliphatic hydroxyl groups is 1. The molecule has 0 aliphatic heterocycles. The lowest BCUT2D eigenvalue weighted by Gasteiger charge is -2.22. The molecule has 0 aromatic heterocycles. The van der Waals surface area contributed by atoms with Crippen molar-refractivity contribution in [3.63, 3.8) is 0 Å². The van der Waals surface area contributed by atoms with E-state index >= 15 is 0 Å². The Balaban J connectivity index is 3.16. The van der Waals surface area contributed by atoms with Crippen LogP contribution in [0.15, 0.2) is 18.2 Å². The van der Waals surface area contributed by atoms with E-state index in [-0.39, 0.29) is 12.2 Å². The van der Waals surface area contributed by atoms with Crippen LogP contribution in [0, 0.1) is 5.82 Å². The summed E-state index contributed by atoms with van der Waals surface area (Å²) in [6, 6.07) is 4.20. The molecule has 1 aromatic carbocycles. The Morgan fingerprint density at radius 2 is 2.23 bits per heavy atom. The minimum absolute atomic E-state index is 0.263. The Hall–Kier alpha value is -0.640. The summed E-state index contributed by atoms with van der Waals surface area (Å²) in [4.78, 5) is 0. The highest BCUT2D eigenvalue weighted by Gasteiger charge is 2.23. The predicted molar refractivity (Wildman–Crippen MR) is 50.0 cm³/mol. The van der Waals surface area contributed by atoms with Gasteiger partial charge in [-0.1, -0.05) is 17.7 Å². The van der Waals surface area contributed by atoms with Crippen molar-refractivity contribution in [1.82, 2.24) is 0 Å². The first-order chi connectivity index (χ1) is 5.97. The van der Waals surface area contributed by atoms with Gasteiger partial charge in [-0.05, 0) is 19.1 Å². The van der Waals surface area contributed by atoms with Crippen LogP contribution in [0.3, 0.4) is 0 Å². The monoisotopic (exact) mass is 203 g/mol. The van der Waals surface area contributed by atoms with Gasteiger partial charge >= 0.3 is 0 Å². The van der Waals surface area contributed by atoms with Gasteiger partial charge in [0, 0.05) is 10.6 Å². The lowest BCUT2D eigenvalue weighted by Crippen LogP contribution is -2.37. The Morgan fingerprint density at radius 1 is 1.62 bits per heavy atom. The molecule has 13 heavy (non-hydrogen) atoms. The highest BCUT2D eigenvalue weighted by molar-refractivity contribution is 6.30. The van der Waals surface area contributed by atoms with Crippen LogP contribution < -0.4 is 5.73 Å². The lowest BCUT2D eigenvalue weighted by atomic mass is 9.94. The fourth-order valence-corrected chi connectivity index (χ4v) is 1.20. The van der Waals surface area contributed by atoms with Gasteiger partial charge < -0.3 is 10.8 Å². The molecule has 2 nitrogen and oxygen atoms in total. The van der Waals surface area contributed by atoms with Gasteiger partial charge in [0.25, 0.3) is 0 Å². The summed E-state index contributed by atoms with van der Waals surface area (Å²) in [7, 11) is 0. The first-order valence-electron chi connectivity index (χ1n) is 3.82. The van der Waals surface area contributed by atoms with Gasteiger partial charge in [0.2, 0.25) is 0 Å². The molecule has 0 aliphatic carbocycles. The average Bonchev–Trinajstić information content (AvgIpc) is 2.03. The van der Waals surface area contributed by atoms with Crippen molar-refractivity contribution in [2.24, 2.45) is 5.73 Å². The van der Waals surface area contributed by atoms with E-state index in [1.165, 1.54) is 12.1 Å². The summed E-state index contributed by atoms with van der Waals surface area (Å²) in [5.74, 6) is -0.494. The number of rotatable bonds is 2. The third-order valence-corrected chi connectivity index (χ3v) is 2.11. The molecule has 0 aliphatic rings. The Labute approximate surface area is 81.1 Å². The van der Waals surface area contributed by atoms with Crippen LogP contribution in [0.1, 0.15) is 12.5 Å². The maximum Gasteiger partial charge on any atom is 0.129 e. The van der Waals surface area contributed by atoms with Crippen LogP contribution in [0.2, 0.25) is 5.02 Å². The largest absolute Gasteiger partial charge is 0.394 e. The molecule has 0 saturated carbocycles. The van der Waals surface area contributed by atoms with Gasteiger partial charge in [0.05, 0.1) is 12.1 Å². The summed E-state index contributed by atoms with van der Waals surface area (Å²) >= 11 is 5.57. The topological polar surface area (TPSA) is 46.2 Å². The highest BCUT2D eigenvalue weighted by atomic mass is 35.5. The quantitative estimate of drug-likeness (QED) is 0.768. The first kappa shape index (κ1) is 10.4. The molecule has 0 saturated heterocycles. The van der Waals surface area contributed by atoms with Gasteiger partial charge in [0.1, 0.15) is 5.82 Å². The second-order valence-corrected chi connectivity index (χ2v) is 3.64. The van der Waals surface area contributed by atoms with Gasteiger partial charge in [0.15, 0.2) is 0 Å². The van der Waals surface area contributed by atoms with E-state index in [1.807, 2.05) is 0 Å². The van der Waals surface area contributed by atoms with E-state index in [0.29, 0.717) is 5.02 Å². The van der Waals surface area contributed by atoms with Crippen LogP contribution in [0.4, 0.5) is 4.39 Å². The van der Waals surface area contributed by atoms with E-state index in [1.54, 1.807) is 13.0 Å². The molecule has 0 heterocycles. The van der Waals surface area contributed by atoms with Crippen molar-refractivity contribution in [2.75, 3.05) is 6.61 Å². The number of hydrogen-bond acceptors (Lipinski definition) is 2. The minimum Gasteiger partial charge on any atom is -0.394 e. The van der Waals surface area contributed by atoms with E-state index in [2.05, 4.69) is 0 Å². The van der Waals surface area contributed by atoms with E-state index in [4.69, 9.17) is 22.4 Å². The molecular formula is C9H11ClFNO. The van der Waals surface area contributed by atoms with Crippen LogP contribution in [0.5, 0.6) is 0 Å². The summed E-state index contributed by atoms with van der Waals surface area (Å²) in [6.07, 6.45) is 0. The van der Waals surface area contributed by atoms with Gasteiger partial charge in [-0.15, -0.1) is 0 Å². The first-order valence-corrected chi connectivity index (χ1v) is 4.20. The predicted octanol–water partition coefficient (Wildman–Crippen LogP) is 1.65. The zero-order valence-corrected chi connectivity index (χ0v) is 7.98. The minimum atomic E-state index is -1.06. The highest BCUT2D eigenvalue weighted by Crippen LogP contribution is 2.23. The van der Waals surface area contributed by atoms with Crippen LogP contribution in [-0.2, 0) is 5.54 Å². The molecule has 1 aromatic rings. The Morgan fingerprint density at radius 3 is 2.69 bits per heavy atom. The molecule has 0 spiro atoms. The molecular weight excluding hydrogens is 193 g/mol. The molecule has 1 atom stereocenters. The van der Waals surface area contributed by atoms with Crippen LogP contribution in [0.25, 0.3) is 0 Å². The second kappa shape index (κ2) is 3.62. The van der Waals surface area contributed by atoms with E-state index < -0.39 is 11.4 Å².